The molecular weight excluding hydrogens is 216 g/mol. The molecule has 0 amide bonds. The van der Waals surface area contributed by atoms with Crippen LogP contribution in [0.1, 0.15) is 25.5 Å². The Morgan fingerprint density at radius 3 is 2.88 bits per heavy atom. The van der Waals surface area contributed by atoms with Gasteiger partial charge < -0.3 is 15.8 Å². The van der Waals surface area contributed by atoms with Gasteiger partial charge in [-0.2, -0.15) is 5.10 Å². The molecule has 96 valence electrons. The standard InChI is InChI=1S/C12H22N4O/c1-3-10-11(13)12(16(2)15-10)14-6-7-17-8-9-4-5-9/h9,14H,3-8,13H2,1-2H3. The van der Waals surface area contributed by atoms with E-state index in [2.05, 4.69) is 17.3 Å². The van der Waals surface area contributed by atoms with Gasteiger partial charge in [-0.3, -0.25) is 4.68 Å². The van der Waals surface area contributed by atoms with Crippen molar-refractivity contribution in [2.75, 3.05) is 30.8 Å². The molecule has 0 aliphatic heterocycles. The van der Waals surface area contributed by atoms with Crippen LogP contribution in [-0.2, 0) is 18.2 Å². The van der Waals surface area contributed by atoms with Crippen LogP contribution in [0.25, 0.3) is 0 Å². The van der Waals surface area contributed by atoms with Gasteiger partial charge >= 0.3 is 0 Å². The van der Waals surface area contributed by atoms with Crippen molar-refractivity contribution in [1.82, 2.24) is 9.78 Å². The topological polar surface area (TPSA) is 65.1 Å². The largest absolute Gasteiger partial charge is 0.394 e. The number of nitrogens with two attached hydrogens (primary N) is 1. The lowest BCUT2D eigenvalue weighted by molar-refractivity contribution is 0.134. The van der Waals surface area contributed by atoms with Gasteiger partial charge in [-0.25, -0.2) is 0 Å². The average Bonchev–Trinajstić information content (AvgIpc) is 3.09. The third-order valence-electron chi connectivity index (χ3n) is 3.08. The van der Waals surface area contributed by atoms with Gasteiger partial charge in [0.05, 0.1) is 18.0 Å². The first-order valence-corrected chi connectivity index (χ1v) is 6.35. The summed E-state index contributed by atoms with van der Waals surface area (Å²) in [6.07, 6.45) is 3.53. The molecular formula is C12H22N4O. The zero-order valence-corrected chi connectivity index (χ0v) is 10.7. The quantitative estimate of drug-likeness (QED) is 0.705. The number of nitrogens with zero attached hydrogens (tertiary/aromatic N) is 2. The lowest BCUT2D eigenvalue weighted by Gasteiger charge is -2.08. The summed E-state index contributed by atoms with van der Waals surface area (Å²) in [5.41, 5.74) is 7.71. The zero-order chi connectivity index (χ0) is 12.3. The van der Waals surface area contributed by atoms with Gasteiger partial charge in [-0.15, -0.1) is 0 Å². The Kier molecular flexibility index (Phi) is 3.89. The molecule has 0 saturated heterocycles. The van der Waals surface area contributed by atoms with Crippen molar-refractivity contribution in [3.8, 4) is 0 Å². The van der Waals surface area contributed by atoms with E-state index < -0.39 is 0 Å². The summed E-state index contributed by atoms with van der Waals surface area (Å²) in [7, 11) is 1.91. The fourth-order valence-corrected chi connectivity index (χ4v) is 1.84. The predicted octanol–water partition coefficient (Wildman–Crippen LogP) is 1.40. The van der Waals surface area contributed by atoms with E-state index in [1.165, 1.54) is 12.8 Å². The van der Waals surface area contributed by atoms with Crippen LogP contribution >= 0.6 is 0 Å². The highest BCUT2D eigenvalue weighted by Crippen LogP contribution is 2.28. The minimum atomic E-state index is 0.725. The Hall–Kier alpha value is -1.23. The van der Waals surface area contributed by atoms with Crippen molar-refractivity contribution >= 4 is 11.5 Å². The van der Waals surface area contributed by atoms with E-state index in [0.29, 0.717) is 0 Å². The Balaban J connectivity index is 1.75. The normalized spacial score (nSPS) is 15.2. The molecule has 1 saturated carbocycles. The molecule has 0 radical (unpaired) electrons. The summed E-state index contributed by atoms with van der Waals surface area (Å²) in [5.74, 6) is 1.72. The second-order valence-corrected chi connectivity index (χ2v) is 4.63. The molecule has 1 aliphatic carbocycles. The number of ether oxygens (including phenoxy) is 1. The van der Waals surface area contributed by atoms with Crippen molar-refractivity contribution in [3.05, 3.63) is 5.69 Å². The lowest BCUT2D eigenvalue weighted by atomic mass is 10.3. The monoisotopic (exact) mass is 238 g/mol. The second-order valence-electron chi connectivity index (χ2n) is 4.63. The van der Waals surface area contributed by atoms with Crippen molar-refractivity contribution < 1.29 is 4.74 Å². The number of hydrogen-bond acceptors (Lipinski definition) is 4. The van der Waals surface area contributed by atoms with Crippen molar-refractivity contribution in [2.24, 2.45) is 13.0 Å². The van der Waals surface area contributed by atoms with Crippen LogP contribution in [0.3, 0.4) is 0 Å². The van der Waals surface area contributed by atoms with Crippen molar-refractivity contribution in [2.45, 2.75) is 26.2 Å². The van der Waals surface area contributed by atoms with Crippen LogP contribution in [0, 0.1) is 5.92 Å². The Bertz CT molecular complexity index is 371. The van der Waals surface area contributed by atoms with E-state index >= 15 is 0 Å². The third kappa shape index (κ3) is 3.12. The predicted molar refractivity (Wildman–Crippen MR) is 69.0 cm³/mol. The number of aromatic nitrogens is 2. The highest BCUT2D eigenvalue weighted by Gasteiger charge is 2.20. The van der Waals surface area contributed by atoms with Gasteiger partial charge in [0, 0.05) is 20.2 Å². The van der Waals surface area contributed by atoms with Gasteiger partial charge in [0.25, 0.3) is 0 Å². The average molecular weight is 238 g/mol. The van der Waals surface area contributed by atoms with Crippen LogP contribution in [0.2, 0.25) is 0 Å². The SMILES string of the molecule is CCc1nn(C)c(NCCOCC2CC2)c1N. The Morgan fingerprint density at radius 1 is 1.53 bits per heavy atom. The summed E-state index contributed by atoms with van der Waals surface area (Å²) in [6, 6.07) is 0. The van der Waals surface area contributed by atoms with Crippen LogP contribution in [0.15, 0.2) is 0 Å². The number of anilines is 2. The Labute approximate surface area is 102 Å². The van der Waals surface area contributed by atoms with Crippen molar-refractivity contribution in [3.63, 3.8) is 0 Å². The van der Waals surface area contributed by atoms with Gasteiger partial charge in [0.15, 0.2) is 0 Å². The minimum Gasteiger partial charge on any atom is -0.394 e. The third-order valence-corrected chi connectivity index (χ3v) is 3.08. The maximum atomic E-state index is 6.00. The molecule has 5 heteroatoms. The molecule has 17 heavy (non-hydrogen) atoms. The van der Waals surface area contributed by atoms with Crippen molar-refractivity contribution in [1.29, 1.82) is 0 Å². The van der Waals surface area contributed by atoms with E-state index in [0.717, 1.165) is 49.3 Å². The summed E-state index contributed by atoms with van der Waals surface area (Å²) in [4.78, 5) is 0. The number of aryl methyl sites for hydroxylation is 2. The highest BCUT2D eigenvalue weighted by atomic mass is 16.5. The summed E-state index contributed by atoms with van der Waals surface area (Å²) < 4.78 is 7.36. The van der Waals surface area contributed by atoms with E-state index in [9.17, 15) is 0 Å². The first-order valence-electron chi connectivity index (χ1n) is 6.35. The van der Waals surface area contributed by atoms with Gasteiger partial charge in [-0.1, -0.05) is 6.92 Å². The molecule has 0 spiro atoms. The first-order chi connectivity index (χ1) is 8.22. The lowest BCUT2D eigenvalue weighted by Crippen LogP contribution is -2.13. The molecule has 0 aromatic carbocycles. The van der Waals surface area contributed by atoms with Crippen LogP contribution in [-0.4, -0.2) is 29.5 Å². The van der Waals surface area contributed by atoms with E-state index in [-0.39, 0.29) is 0 Å². The van der Waals surface area contributed by atoms with E-state index in [4.69, 9.17) is 10.5 Å². The summed E-state index contributed by atoms with van der Waals surface area (Å²) in [5, 5.41) is 7.63. The second kappa shape index (κ2) is 5.40. The number of nitrogens with one attached hydrogen (secondary N) is 1. The van der Waals surface area contributed by atoms with E-state index in [1.54, 1.807) is 4.68 Å². The molecule has 0 bridgehead atoms. The highest BCUT2D eigenvalue weighted by molar-refractivity contribution is 5.64. The maximum absolute atomic E-state index is 6.00. The molecule has 0 atom stereocenters. The fourth-order valence-electron chi connectivity index (χ4n) is 1.84. The number of hydrogen-bond donors (Lipinski definition) is 2. The van der Waals surface area contributed by atoms with Crippen LogP contribution < -0.4 is 11.1 Å². The van der Waals surface area contributed by atoms with Crippen LogP contribution in [0.4, 0.5) is 11.5 Å². The first kappa shape index (κ1) is 12.2. The molecule has 2 rings (SSSR count). The minimum absolute atomic E-state index is 0.725. The molecule has 1 aromatic rings. The number of rotatable bonds is 7. The summed E-state index contributed by atoms with van der Waals surface area (Å²) in [6.45, 7) is 4.46. The smallest absolute Gasteiger partial charge is 0.147 e. The molecule has 1 aliphatic rings. The maximum Gasteiger partial charge on any atom is 0.147 e. The van der Waals surface area contributed by atoms with Gasteiger partial charge in [0.2, 0.25) is 0 Å². The Morgan fingerprint density at radius 2 is 2.29 bits per heavy atom. The molecule has 1 heterocycles. The van der Waals surface area contributed by atoms with Gasteiger partial charge in [-0.05, 0) is 25.2 Å². The molecule has 0 unspecified atom stereocenters. The number of nitrogen functional groups attached to an aromatic ring is 1. The fraction of sp³-hybridized carbons (Fsp3) is 0.750. The zero-order valence-electron chi connectivity index (χ0n) is 10.7. The van der Waals surface area contributed by atoms with Gasteiger partial charge in [0.1, 0.15) is 5.82 Å². The molecule has 5 nitrogen and oxygen atoms in total. The molecule has 1 fully saturated rings. The molecule has 3 N–H and O–H groups in total. The van der Waals surface area contributed by atoms with Crippen LogP contribution in [0.5, 0.6) is 0 Å². The summed E-state index contributed by atoms with van der Waals surface area (Å²) >= 11 is 0. The molecule has 1 aromatic heterocycles. The van der Waals surface area contributed by atoms with E-state index in [1.807, 2.05) is 7.05 Å².